The lowest BCUT2D eigenvalue weighted by atomic mass is 9.97. The van der Waals surface area contributed by atoms with Gasteiger partial charge in [-0.15, -0.1) is 0 Å². The predicted octanol–water partition coefficient (Wildman–Crippen LogP) is 4.85. The highest BCUT2D eigenvalue weighted by molar-refractivity contribution is 5.77. The molecule has 1 unspecified atom stereocenters. The SMILES string of the molecule is COc1ccc(OC)c(CCC(=O)NC(c2ccccc2)c2ccc(C)cc2)c1. The summed E-state index contributed by atoms with van der Waals surface area (Å²) in [6.45, 7) is 2.06. The Balaban J connectivity index is 1.75. The van der Waals surface area contributed by atoms with Crippen LogP contribution in [0.4, 0.5) is 0 Å². The fourth-order valence-electron chi connectivity index (χ4n) is 3.32. The number of rotatable bonds is 8. The smallest absolute Gasteiger partial charge is 0.221 e. The summed E-state index contributed by atoms with van der Waals surface area (Å²) < 4.78 is 10.7. The molecule has 0 aliphatic heterocycles. The van der Waals surface area contributed by atoms with E-state index in [0.29, 0.717) is 12.8 Å². The van der Waals surface area contributed by atoms with E-state index in [4.69, 9.17) is 9.47 Å². The fraction of sp³-hybridized carbons (Fsp3) is 0.240. The normalized spacial score (nSPS) is 11.6. The lowest BCUT2D eigenvalue weighted by Crippen LogP contribution is -2.29. The number of hydrogen-bond donors (Lipinski definition) is 1. The van der Waals surface area contributed by atoms with Crippen molar-refractivity contribution in [1.29, 1.82) is 0 Å². The molecule has 0 bridgehead atoms. The maximum Gasteiger partial charge on any atom is 0.221 e. The summed E-state index contributed by atoms with van der Waals surface area (Å²) in [7, 11) is 3.26. The van der Waals surface area contributed by atoms with E-state index in [-0.39, 0.29) is 11.9 Å². The minimum atomic E-state index is -0.184. The Hall–Kier alpha value is -3.27. The summed E-state index contributed by atoms with van der Waals surface area (Å²) in [5, 5.41) is 3.19. The number of carbonyl (C=O) groups excluding carboxylic acids is 1. The molecule has 1 amide bonds. The highest BCUT2D eigenvalue weighted by Gasteiger charge is 2.17. The Morgan fingerprint density at radius 3 is 2.24 bits per heavy atom. The van der Waals surface area contributed by atoms with Gasteiger partial charge in [0.25, 0.3) is 0 Å². The van der Waals surface area contributed by atoms with E-state index < -0.39 is 0 Å². The van der Waals surface area contributed by atoms with Gasteiger partial charge >= 0.3 is 0 Å². The van der Waals surface area contributed by atoms with Crippen molar-refractivity contribution in [3.05, 3.63) is 95.1 Å². The van der Waals surface area contributed by atoms with Gasteiger partial charge < -0.3 is 14.8 Å². The molecule has 0 fully saturated rings. The first-order valence-electron chi connectivity index (χ1n) is 9.72. The number of benzene rings is 3. The lowest BCUT2D eigenvalue weighted by molar-refractivity contribution is -0.121. The molecule has 0 aromatic heterocycles. The van der Waals surface area contributed by atoms with Gasteiger partial charge in [-0.3, -0.25) is 4.79 Å². The topological polar surface area (TPSA) is 47.6 Å². The Kier molecular flexibility index (Phi) is 6.90. The highest BCUT2D eigenvalue weighted by atomic mass is 16.5. The Labute approximate surface area is 172 Å². The molecule has 0 heterocycles. The second-order valence-electron chi connectivity index (χ2n) is 7.00. The Bertz CT molecular complexity index is 936. The molecule has 4 nitrogen and oxygen atoms in total. The molecule has 0 aliphatic rings. The number of carbonyl (C=O) groups is 1. The standard InChI is InChI=1S/C25H27NO3/c1-18-9-11-20(12-10-18)25(19-7-5-4-6-8-19)26-24(27)16-13-21-17-22(28-2)14-15-23(21)29-3/h4-12,14-15,17,25H,13,16H2,1-3H3,(H,26,27). The van der Waals surface area contributed by atoms with E-state index in [1.165, 1.54) is 5.56 Å². The minimum Gasteiger partial charge on any atom is -0.497 e. The molecule has 29 heavy (non-hydrogen) atoms. The van der Waals surface area contributed by atoms with Crippen molar-refractivity contribution >= 4 is 5.91 Å². The maximum absolute atomic E-state index is 12.8. The van der Waals surface area contributed by atoms with E-state index in [1.807, 2.05) is 48.5 Å². The van der Waals surface area contributed by atoms with Gasteiger partial charge in [-0.05, 0) is 48.2 Å². The van der Waals surface area contributed by atoms with Crippen LogP contribution < -0.4 is 14.8 Å². The summed E-state index contributed by atoms with van der Waals surface area (Å²) in [6.07, 6.45) is 0.931. The highest BCUT2D eigenvalue weighted by Crippen LogP contribution is 2.26. The van der Waals surface area contributed by atoms with Crippen molar-refractivity contribution in [3.63, 3.8) is 0 Å². The number of ether oxygens (including phenoxy) is 2. The summed E-state index contributed by atoms with van der Waals surface area (Å²) in [6, 6.07) is 23.8. The molecule has 0 saturated carbocycles. The molecule has 150 valence electrons. The quantitative estimate of drug-likeness (QED) is 0.599. The summed E-state index contributed by atoms with van der Waals surface area (Å²) in [5.74, 6) is 1.50. The van der Waals surface area contributed by atoms with Crippen LogP contribution in [-0.2, 0) is 11.2 Å². The second-order valence-corrected chi connectivity index (χ2v) is 7.00. The third-order valence-electron chi connectivity index (χ3n) is 4.96. The second kappa shape index (κ2) is 9.78. The third-order valence-corrected chi connectivity index (χ3v) is 4.96. The molecule has 4 heteroatoms. The summed E-state index contributed by atoms with van der Waals surface area (Å²) >= 11 is 0. The first kappa shape index (κ1) is 20.5. The zero-order valence-corrected chi connectivity index (χ0v) is 17.1. The number of hydrogen-bond acceptors (Lipinski definition) is 3. The average molecular weight is 389 g/mol. The minimum absolute atomic E-state index is 0.00991. The molecule has 3 rings (SSSR count). The Morgan fingerprint density at radius 1 is 0.897 bits per heavy atom. The molecule has 3 aromatic rings. The summed E-state index contributed by atoms with van der Waals surface area (Å²) in [4.78, 5) is 12.8. The van der Waals surface area contributed by atoms with Gasteiger partial charge in [0.05, 0.1) is 20.3 Å². The maximum atomic E-state index is 12.8. The molecule has 0 radical (unpaired) electrons. The summed E-state index contributed by atoms with van der Waals surface area (Å²) in [5.41, 5.74) is 4.27. The molecule has 3 aromatic carbocycles. The van der Waals surface area contributed by atoms with Crippen molar-refractivity contribution < 1.29 is 14.3 Å². The first-order chi connectivity index (χ1) is 14.1. The molecular weight excluding hydrogens is 362 g/mol. The van der Waals surface area contributed by atoms with Gasteiger partial charge in [0.1, 0.15) is 11.5 Å². The molecule has 0 aliphatic carbocycles. The van der Waals surface area contributed by atoms with Crippen molar-refractivity contribution in [2.24, 2.45) is 0 Å². The average Bonchev–Trinajstić information content (AvgIpc) is 2.77. The van der Waals surface area contributed by atoms with Gasteiger partial charge in [0.15, 0.2) is 0 Å². The lowest BCUT2D eigenvalue weighted by Gasteiger charge is -2.20. The number of amides is 1. The van der Waals surface area contributed by atoms with Crippen LogP contribution in [0.2, 0.25) is 0 Å². The zero-order chi connectivity index (χ0) is 20.6. The van der Waals surface area contributed by atoms with Crippen LogP contribution in [0.5, 0.6) is 11.5 Å². The van der Waals surface area contributed by atoms with Crippen LogP contribution in [0.1, 0.15) is 34.7 Å². The van der Waals surface area contributed by atoms with Crippen molar-refractivity contribution in [2.45, 2.75) is 25.8 Å². The number of aryl methyl sites for hydroxylation is 2. The van der Waals surface area contributed by atoms with Crippen molar-refractivity contribution in [2.75, 3.05) is 14.2 Å². The number of methoxy groups -OCH3 is 2. The largest absolute Gasteiger partial charge is 0.497 e. The van der Waals surface area contributed by atoms with E-state index >= 15 is 0 Å². The van der Waals surface area contributed by atoms with Gasteiger partial charge in [-0.2, -0.15) is 0 Å². The van der Waals surface area contributed by atoms with E-state index in [0.717, 1.165) is 28.2 Å². The van der Waals surface area contributed by atoms with Gasteiger partial charge in [-0.1, -0.05) is 60.2 Å². The van der Waals surface area contributed by atoms with Crippen LogP contribution in [-0.4, -0.2) is 20.1 Å². The molecular formula is C25H27NO3. The van der Waals surface area contributed by atoms with Crippen molar-refractivity contribution in [1.82, 2.24) is 5.32 Å². The monoisotopic (exact) mass is 389 g/mol. The van der Waals surface area contributed by atoms with Gasteiger partial charge in [0, 0.05) is 6.42 Å². The van der Waals surface area contributed by atoms with Gasteiger partial charge in [-0.25, -0.2) is 0 Å². The number of nitrogens with one attached hydrogen (secondary N) is 1. The molecule has 0 spiro atoms. The van der Waals surface area contributed by atoms with Crippen LogP contribution in [0.15, 0.2) is 72.8 Å². The van der Waals surface area contributed by atoms with Crippen LogP contribution >= 0.6 is 0 Å². The van der Waals surface area contributed by atoms with Crippen molar-refractivity contribution in [3.8, 4) is 11.5 Å². The van der Waals surface area contributed by atoms with Crippen LogP contribution in [0.25, 0.3) is 0 Å². The van der Waals surface area contributed by atoms with E-state index in [9.17, 15) is 4.79 Å². The predicted molar refractivity (Wildman–Crippen MR) is 115 cm³/mol. The first-order valence-corrected chi connectivity index (χ1v) is 9.72. The molecule has 1 atom stereocenters. The van der Waals surface area contributed by atoms with Crippen LogP contribution in [0.3, 0.4) is 0 Å². The zero-order valence-electron chi connectivity index (χ0n) is 17.1. The third kappa shape index (κ3) is 5.38. The molecule has 1 N–H and O–H groups in total. The fourth-order valence-corrected chi connectivity index (χ4v) is 3.32. The Morgan fingerprint density at radius 2 is 1.59 bits per heavy atom. The molecule has 0 saturated heterocycles. The van der Waals surface area contributed by atoms with E-state index in [2.05, 4.69) is 36.5 Å². The van der Waals surface area contributed by atoms with Gasteiger partial charge in [0.2, 0.25) is 5.91 Å². The van der Waals surface area contributed by atoms with Crippen LogP contribution in [0, 0.1) is 6.92 Å². The van der Waals surface area contributed by atoms with E-state index in [1.54, 1.807) is 14.2 Å².